The maximum Gasteiger partial charge on any atom is 0.323 e. The van der Waals surface area contributed by atoms with Crippen molar-refractivity contribution in [2.24, 2.45) is 0 Å². The van der Waals surface area contributed by atoms with Crippen LogP contribution < -0.4 is 11.0 Å². The Balaban J connectivity index is 1.38. The van der Waals surface area contributed by atoms with Crippen molar-refractivity contribution in [3.63, 3.8) is 0 Å². The van der Waals surface area contributed by atoms with E-state index in [2.05, 4.69) is 19.9 Å². The van der Waals surface area contributed by atoms with Crippen LogP contribution in [-0.2, 0) is 4.79 Å². The van der Waals surface area contributed by atoms with E-state index in [1.54, 1.807) is 18.2 Å². The van der Waals surface area contributed by atoms with E-state index in [1.807, 2.05) is 54.6 Å². The summed E-state index contributed by atoms with van der Waals surface area (Å²) in [6.45, 7) is 0. The highest BCUT2D eigenvalue weighted by Crippen LogP contribution is 2.28. The number of anilines is 1. The first-order chi connectivity index (χ1) is 14.7. The molecule has 5 aromatic rings. The highest BCUT2D eigenvalue weighted by molar-refractivity contribution is 7.99. The molecule has 2 aromatic heterocycles. The first-order valence-electron chi connectivity index (χ1n) is 9.35. The Morgan fingerprint density at radius 1 is 0.967 bits per heavy atom. The number of carbonyl (C=O) groups excluding carboxylic acids is 1. The number of aromatic nitrogens is 4. The summed E-state index contributed by atoms with van der Waals surface area (Å²) in [6.07, 6.45) is 0. The molecule has 0 fully saturated rings. The van der Waals surface area contributed by atoms with E-state index < -0.39 is 0 Å². The van der Waals surface area contributed by atoms with E-state index in [1.165, 1.54) is 11.8 Å². The number of aromatic amines is 2. The van der Waals surface area contributed by atoms with Gasteiger partial charge in [0.15, 0.2) is 5.16 Å². The molecule has 0 saturated carbocycles. The van der Waals surface area contributed by atoms with Gasteiger partial charge in [0.2, 0.25) is 5.91 Å². The number of nitrogens with zero attached hydrogens (tertiary/aromatic N) is 2. The van der Waals surface area contributed by atoms with Crippen LogP contribution in [0.1, 0.15) is 0 Å². The average Bonchev–Trinajstić information content (AvgIpc) is 3.31. The van der Waals surface area contributed by atoms with Crippen LogP contribution in [0.15, 0.2) is 82.7 Å². The molecule has 0 atom stereocenters. The van der Waals surface area contributed by atoms with Crippen molar-refractivity contribution < 1.29 is 4.79 Å². The predicted octanol–water partition coefficient (Wildman–Crippen LogP) is 3.93. The standard InChI is InChI=1S/C22H17N5O2S/c28-20(23-14-10-11-16-18(12-14)25-21(29)24-16)13-30-22-26-17-8-4-5-9-19(17)27(22)15-6-2-1-3-7-15/h1-12H,13H2,(H,23,28)(H2,24,25,29). The summed E-state index contributed by atoms with van der Waals surface area (Å²) in [5, 5.41) is 3.63. The third kappa shape index (κ3) is 3.48. The van der Waals surface area contributed by atoms with Gasteiger partial charge in [-0.25, -0.2) is 9.78 Å². The van der Waals surface area contributed by atoms with E-state index in [-0.39, 0.29) is 17.3 Å². The molecule has 5 rings (SSSR count). The fourth-order valence-corrected chi connectivity index (χ4v) is 4.19. The van der Waals surface area contributed by atoms with Gasteiger partial charge in [0.1, 0.15) is 0 Å². The smallest absolute Gasteiger partial charge is 0.323 e. The summed E-state index contributed by atoms with van der Waals surface area (Å²) in [7, 11) is 0. The molecule has 148 valence electrons. The van der Waals surface area contributed by atoms with E-state index in [9.17, 15) is 9.59 Å². The molecule has 8 heteroatoms. The molecule has 0 aliphatic carbocycles. The lowest BCUT2D eigenvalue weighted by atomic mass is 10.3. The maximum absolute atomic E-state index is 12.5. The second-order valence-corrected chi connectivity index (χ2v) is 7.67. The van der Waals surface area contributed by atoms with Gasteiger partial charge in [-0.3, -0.25) is 9.36 Å². The van der Waals surface area contributed by atoms with Gasteiger partial charge < -0.3 is 15.3 Å². The number of nitrogens with one attached hydrogen (secondary N) is 3. The predicted molar refractivity (Wildman–Crippen MR) is 119 cm³/mol. The summed E-state index contributed by atoms with van der Waals surface area (Å²) in [5.41, 5.74) is 4.57. The number of benzene rings is 3. The third-order valence-electron chi connectivity index (χ3n) is 4.68. The number of carbonyl (C=O) groups is 1. The SMILES string of the molecule is O=C(CSc1nc2ccccc2n1-c1ccccc1)Nc1ccc2[nH]c(=O)[nH]c2c1. The zero-order chi connectivity index (χ0) is 20.5. The lowest BCUT2D eigenvalue weighted by Gasteiger charge is -2.09. The van der Waals surface area contributed by atoms with Crippen LogP contribution in [0.2, 0.25) is 0 Å². The van der Waals surface area contributed by atoms with E-state index >= 15 is 0 Å². The molecule has 0 aliphatic heterocycles. The van der Waals surface area contributed by atoms with E-state index in [0.717, 1.165) is 21.9 Å². The van der Waals surface area contributed by atoms with Gasteiger partial charge in [-0.15, -0.1) is 0 Å². The van der Waals surface area contributed by atoms with Gasteiger partial charge >= 0.3 is 5.69 Å². The van der Waals surface area contributed by atoms with Crippen LogP contribution in [0.5, 0.6) is 0 Å². The number of para-hydroxylation sites is 3. The molecule has 3 N–H and O–H groups in total. The zero-order valence-electron chi connectivity index (χ0n) is 15.8. The number of H-pyrrole nitrogens is 2. The highest BCUT2D eigenvalue weighted by atomic mass is 32.2. The Bertz CT molecular complexity index is 1420. The van der Waals surface area contributed by atoms with Gasteiger partial charge in [-0.2, -0.15) is 0 Å². The van der Waals surface area contributed by atoms with Crippen molar-refractivity contribution in [2.75, 3.05) is 11.1 Å². The molecule has 30 heavy (non-hydrogen) atoms. The highest BCUT2D eigenvalue weighted by Gasteiger charge is 2.14. The minimum Gasteiger partial charge on any atom is -0.325 e. The fraction of sp³-hybridized carbons (Fsp3) is 0.0455. The third-order valence-corrected chi connectivity index (χ3v) is 5.62. The molecule has 0 radical (unpaired) electrons. The molecule has 3 aromatic carbocycles. The summed E-state index contributed by atoms with van der Waals surface area (Å²) < 4.78 is 2.06. The molecule has 0 spiro atoms. The molecular weight excluding hydrogens is 398 g/mol. The summed E-state index contributed by atoms with van der Waals surface area (Å²) in [5.74, 6) is 0.0570. The van der Waals surface area contributed by atoms with E-state index in [4.69, 9.17) is 4.98 Å². The number of thioether (sulfide) groups is 1. The Hall–Kier alpha value is -3.78. The Labute approximate surface area is 175 Å². The number of hydrogen-bond acceptors (Lipinski definition) is 4. The number of fused-ring (bicyclic) bond motifs is 2. The van der Waals surface area contributed by atoms with Gasteiger partial charge in [0.25, 0.3) is 0 Å². The molecular formula is C22H17N5O2S. The monoisotopic (exact) mass is 415 g/mol. The molecule has 0 unspecified atom stereocenters. The minimum atomic E-state index is -0.274. The summed E-state index contributed by atoms with van der Waals surface area (Å²) in [4.78, 5) is 34.0. The van der Waals surface area contributed by atoms with Gasteiger partial charge in [0, 0.05) is 11.4 Å². The fourth-order valence-electron chi connectivity index (χ4n) is 3.36. The Morgan fingerprint density at radius 3 is 2.60 bits per heavy atom. The minimum absolute atomic E-state index is 0.149. The lowest BCUT2D eigenvalue weighted by Crippen LogP contribution is -2.14. The number of amides is 1. The quantitative estimate of drug-likeness (QED) is 0.379. The van der Waals surface area contributed by atoms with Crippen molar-refractivity contribution >= 4 is 45.4 Å². The van der Waals surface area contributed by atoms with Crippen LogP contribution in [0.25, 0.3) is 27.8 Å². The Morgan fingerprint density at radius 2 is 1.73 bits per heavy atom. The summed E-state index contributed by atoms with van der Waals surface area (Å²) >= 11 is 1.38. The van der Waals surface area contributed by atoms with Crippen molar-refractivity contribution in [2.45, 2.75) is 5.16 Å². The second kappa shape index (κ2) is 7.57. The lowest BCUT2D eigenvalue weighted by molar-refractivity contribution is -0.113. The van der Waals surface area contributed by atoms with Gasteiger partial charge in [-0.05, 0) is 42.5 Å². The van der Waals surface area contributed by atoms with Crippen LogP contribution in [0.4, 0.5) is 5.69 Å². The zero-order valence-corrected chi connectivity index (χ0v) is 16.6. The van der Waals surface area contributed by atoms with Crippen LogP contribution >= 0.6 is 11.8 Å². The number of imidazole rings is 2. The number of rotatable bonds is 5. The molecule has 0 aliphatic rings. The van der Waals surface area contributed by atoms with Crippen molar-refractivity contribution in [3.05, 3.63) is 83.3 Å². The normalized spacial score (nSPS) is 11.2. The molecule has 0 bridgehead atoms. The van der Waals surface area contributed by atoms with Crippen molar-refractivity contribution in [3.8, 4) is 5.69 Å². The van der Waals surface area contributed by atoms with Gasteiger partial charge in [-0.1, -0.05) is 42.1 Å². The van der Waals surface area contributed by atoms with E-state index in [0.29, 0.717) is 16.7 Å². The number of hydrogen-bond donors (Lipinski definition) is 3. The first-order valence-corrected chi connectivity index (χ1v) is 10.3. The van der Waals surface area contributed by atoms with Gasteiger partial charge in [0.05, 0.1) is 27.8 Å². The molecule has 1 amide bonds. The topological polar surface area (TPSA) is 95.6 Å². The van der Waals surface area contributed by atoms with Crippen molar-refractivity contribution in [1.82, 2.24) is 19.5 Å². The largest absolute Gasteiger partial charge is 0.325 e. The molecule has 0 saturated heterocycles. The molecule has 7 nitrogen and oxygen atoms in total. The second-order valence-electron chi connectivity index (χ2n) is 6.73. The van der Waals surface area contributed by atoms with Crippen molar-refractivity contribution in [1.29, 1.82) is 0 Å². The first kappa shape index (κ1) is 18.3. The summed E-state index contributed by atoms with van der Waals surface area (Å²) in [6, 6.07) is 23.1. The maximum atomic E-state index is 12.5. The van der Waals surface area contributed by atoms with Crippen LogP contribution in [0, 0.1) is 0 Å². The van der Waals surface area contributed by atoms with Crippen LogP contribution in [-0.4, -0.2) is 31.2 Å². The average molecular weight is 415 g/mol. The Kier molecular flexibility index (Phi) is 4.61. The van der Waals surface area contributed by atoms with Crippen LogP contribution in [0.3, 0.4) is 0 Å². The molecule has 2 heterocycles.